The van der Waals surface area contributed by atoms with Crippen LogP contribution in [0.2, 0.25) is 0 Å². The summed E-state index contributed by atoms with van der Waals surface area (Å²) in [6, 6.07) is 14.0. The molecule has 1 amide bonds. The Labute approximate surface area is 126 Å². The van der Waals surface area contributed by atoms with Gasteiger partial charge in [0.25, 0.3) is 0 Å². The van der Waals surface area contributed by atoms with Crippen LogP contribution in [0.3, 0.4) is 0 Å². The standard InChI is InChI=1S/C18H24N2O/c1-12(2)10-17(19)18(21)20-13(3)15-9-8-14-6-4-5-7-16(14)11-15/h4-9,11-13,17H,10,19H2,1-3H3,(H,20,21)/t13?,17-/m0/s1. The van der Waals surface area contributed by atoms with Crippen LogP contribution in [0.4, 0.5) is 0 Å². The summed E-state index contributed by atoms with van der Waals surface area (Å²) in [5.74, 6) is 0.339. The zero-order chi connectivity index (χ0) is 15.4. The zero-order valence-electron chi connectivity index (χ0n) is 13.0. The van der Waals surface area contributed by atoms with Crippen LogP contribution >= 0.6 is 0 Å². The lowest BCUT2D eigenvalue weighted by atomic mass is 10.0. The molecule has 0 aliphatic carbocycles. The number of hydrogen-bond donors (Lipinski definition) is 2. The number of carbonyl (C=O) groups is 1. The van der Waals surface area contributed by atoms with Crippen LogP contribution in [0.25, 0.3) is 10.8 Å². The molecule has 112 valence electrons. The van der Waals surface area contributed by atoms with Crippen molar-refractivity contribution in [1.29, 1.82) is 0 Å². The van der Waals surface area contributed by atoms with Crippen LogP contribution in [0.5, 0.6) is 0 Å². The van der Waals surface area contributed by atoms with Gasteiger partial charge >= 0.3 is 0 Å². The summed E-state index contributed by atoms with van der Waals surface area (Å²) in [7, 11) is 0. The molecule has 0 fully saturated rings. The molecule has 0 spiro atoms. The number of rotatable bonds is 5. The Morgan fingerprint density at radius 2 is 1.76 bits per heavy atom. The topological polar surface area (TPSA) is 55.1 Å². The highest BCUT2D eigenvalue weighted by molar-refractivity contribution is 5.84. The van der Waals surface area contributed by atoms with Gasteiger partial charge in [-0.25, -0.2) is 0 Å². The summed E-state index contributed by atoms with van der Waals surface area (Å²) in [5.41, 5.74) is 7.02. The van der Waals surface area contributed by atoms with Gasteiger partial charge in [-0.2, -0.15) is 0 Å². The summed E-state index contributed by atoms with van der Waals surface area (Å²) in [6.07, 6.45) is 0.705. The van der Waals surface area contributed by atoms with E-state index >= 15 is 0 Å². The number of hydrogen-bond acceptors (Lipinski definition) is 2. The lowest BCUT2D eigenvalue weighted by Crippen LogP contribution is -2.42. The molecule has 2 aromatic rings. The Kier molecular flexibility index (Phi) is 4.97. The van der Waals surface area contributed by atoms with Crippen LogP contribution in [0.15, 0.2) is 42.5 Å². The first-order valence-electron chi connectivity index (χ1n) is 7.52. The molecule has 2 aromatic carbocycles. The maximum Gasteiger partial charge on any atom is 0.237 e. The molecule has 2 rings (SSSR count). The number of nitrogens with two attached hydrogens (primary N) is 1. The Hall–Kier alpha value is -1.87. The highest BCUT2D eigenvalue weighted by atomic mass is 16.2. The smallest absolute Gasteiger partial charge is 0.237 e. The van der Waals surface area contributed by atoms with E-state index in [2.05, 4.69) is 49.5 Å². The van der Waals surface area contributed by atoms with Gasteiger partial charge in [-0.1, -0.05) is 50.2 Å². The molecule has 3 N–H and O–H groups in total. The Balaban J connectivity index is 2.07. The molecule has 0 aliphatic rings. The maximum atomic E-state index is 12.1. The minimum absolute atomic E-state index is 0.0414. The van der Waals surface area contributed by atoms with Crippen LogP contribution in [-0.2, 0) is 4.79 Å². The first-order valence-corrected chi connectivity index (χ1v) is 7.52. The molecule has 21 heavy (non-hydrogen) atoms. The van der Waals surface area contributed by atoms with E-state index in [-0.39, 0.29) is 11.9 Å². The number of nitrogens with one attached hydrogen (secondary N) is 1. The van der Waals surface area contributed by atoms with Crippen LogP contribution in [-0.4, -0.2) is 11.9 Å². The summed E-state index contributed by atoms with van der Waals surface area (Å²) in [4.78, 5) is 12.1. The first kappa shape index (κ1) is 15.5. The van der Waals surface area contributed by atoms with Gasteiger partial charge in [0.05, 0.1) is 12.1 Å². The molecule has 1 unspecified atom stereocenters. The first-order chi connectivity index (χ1) is 9.97. The minimum atomic E-state index is -0.437. The van der Waals surface area contributed by atoms with Gasteiger partial charge in [-0.05, 0) is 41.7 Å². The molecule has 0 aliphatic heterocycles. The molecule has 0 heterocycles. The van der Waals surface area contributed by atoms with E-state index in [4.69, 9.17) is 5.73 Å². The minimum Gasteiger partial charge on any atom is -0.348 e. The van der Waals surface area contributed by atoms with Crippen LogP contribution in [0, 0.1) is 5.92 Å². The van der Waals surface area contributed by atoms with Gasteiger partial charge < -0.3 is 11.1 Å². The normalized spacial score (nSPS) is 14.1. The van der Waals surface area contributed by atoms with E-state index in [1.807, 2.05) is 19.1 Å². The summed E-state index contributed by atoms with van der Waals surface area (Å²) < 4.78 is 0. The van der Waals surface area contributed by atoms with Crippen molar-refractivity contribution in [3.63, 3.8) is 0 Å². The van der Waals surface area contributed by atoms with Gasteiger partial charge in [0, 0.05) is 0 Å². The molecule has 0 radical (unpaired) electrons. The molecule has 0 bridgehead atoms. The average Bonchev–Trinajstić information content (AvgIpc) is 2.45. The fourth-order valence-electron chi connectivity index (χ4n) is 2.50. The summed E-state index contributed by atoms with van der Waals surface area (Å²) >= 11 is 0. The van der Waals surface area contributed by atoms with Crippen LogP contribution in [0.1, 0.15) is 38.8 Å². The lowest BCUT2D eigenvalue weighted by molar-refractivity contribution is -0.123. The number of benzene rings is 2. The van der Waals surface area contributed by atoms with E-state index in [1.54, 1.807) is 0 Å². The quantitative estimate of drug-likeness (QED) is 0.884. The third-order valence-electron chi connectivity index (χ3n) is 3.69. The molecule has 3 heteroatoms. The van der Waals surface area contributed by atoms with Crippen molar-refractivity contribution in [2.24, 2.45) is 11.7 Å². The highest BCUT2D eigenvalue weighted by Gasteiger charge is 2.17. The molecular formula is C18H24N2O. The lowest BCUT2D eigenvalue weighted by Gasteiger charge is -2.19. The highest BCUT2D eigenvalue weighted by Crippen LogP contribution is 2.20. The second-order valence-electron chi connectivity index (χ2n) is 6.07. The van der Waals surface area contributed by atoms with Gasteiger partial charge in [0.15, 0.2) is 0 Å². The maximum absolute atomic E-state index is 12.1. The van der Waals surface area contributed by atoms with Crippen molar-refractivity contribution >= 4 is 16.7 Å². The largest absolute Gasteiger partial charge is 0.348 e. The van der Waals surface area contributed by atoms with Gasteiger partial charge in [0.1, 0.15) is 0 Å². The molecular weight excluding hydrogens is 260 g/mol. The number of carbonyl (C=O) groups excluding carboxylic acids is 1. The van der Waals surface area contributed by atoms with Crippen molar-refractivity contribution in [3.05, 3.63) is 48.0 Å². The van der Waals surface area contributed by atoms with E-state index in [0.717, 1.165) is 5.56 Å². The summed E-state index contributed by atoms with van der Waals surface area (Å²) in [5, 5.41) is 5.39. The average molecular weight is 284 g/mol. The molecule has 2 atom stereocenters. The predicted molar refractivity (Wildman–Crippen MR) is 87.9 cm³/mol. The zero-order valence-corrected chi connectivity index (χ0v) is 13.0. The molecule has 3 nitrogen and oxygen atoms in total. The van der Waals surface area contributed by atoms with Crippen molar-refractivity contribution in [1.82, 2.24) is 5.32 Å². The van der Waals surface area contributed by atoms with Crippen LogP contribution < -0.4 is 11.1 Å². The Morgan fingerprint density at radius 1 is 1.10 bits per heavy atom. The van der Waals surface area contributed by atoms with E-state index in [1.165, 1.54) is 10.8 Å². The van der Waals surface area contributed by atoms with E-state index in [0.29, 0.717) is 12.3 Å². The monoisotopic (exact) mass is 284 g/mol. The van der Waals surface area contributed by atoms with Crippen molar-refractivity contribution in [2.45, 2.75) is 39.3 Å². The second-order valence-corrected chi connectivity index (χ2v) is 6.07. The summed E-state index contributed by atoms with van der Waals surface area (Å²) in [6.45, 7) is 6.13. The Morgan fingerprint density at radius 3 is 2.43 bits per heavy atom. The van der Waals surface area contributed by atoms with Gasteiger partial charge in [0.2, 0.25) is 5.91 Å². The third kappa shape index (κ3) is 4.05. The van der Waals surface area contributed by atoms with Crippen molar-refractivity contribution in [3.8, 4) is 0 Å². The molecule has 0 saturated carbocycles. The van der Waals surface area contributed by atoms with Gasteiger partial charge in [-0.3, -0.25) is 4.79 Å². The predicted octanol–water partition coefficient (Wildman–Crippen LogP) is 3.39. The third-order valence-corrected chi connectivity index (χ3v) is 3.69. The fourth-order valence-corrected chi connectivity index (χ4v) is 2.50. The molecule has 0 saturated heterocycles. The fraction of sp³-hybridized carbons (Fsp3) is 0.389. The Bertz CT molecular complexity index is 621. The van der Waals surface area contributed by atoms with E-state index in [9.17, 15) is 4.79 Å². The van der Waals surface area contributed by atoms with E-state index < -0.39 is 6.04 Å². The second kappa shape index (κ2) is 6.72. The SMILES string of the molecule is CC(C)C[C@H](N)C(=O)NC(C)c1ccc2ccccc2c1. The molecule has 0 aromatic heterocycles. The number of amides is 1. The number of fused-ring (bicyclic) bond motifs is 1. The van der Waals surface area contributed by atoms with Crippen molar-refractivity contribution in [2.75, 3.05) is 0 Å². The van der Waals surface area contributed by atoms with Gasteiger partial charge in [-0.15, -0.1) is 0 Å². The van der Waals surface area contributed by atoms with Crippen molar-refractivity contribution < 1.29 is 4.79 Å².